The van der Waals surface area contributed by atoms with Crippen LogP contribution in [0.1, 0.15) is 21.5 Å². The average Bonchev–Trinajstić information content (AvgIpc) is 3.50. The van der Waals surface area contributed by atoms with Crippen LogP contribution in [0.5, 0.6) is 0 Å². The van der Waals surface area contributed by atoms with Crippen molar-refractivity contribution in [3.63, 3.8) is 0 Å². The minimum Gasteiger partial charge on any atom is -0.346 e. The molecule has 3 N–H and O–H groups in total. The van der Waals surface area contributed by atoms with Crippen molar-refractivity contribution in [1.82, 2.24) is 24.5 Å². The highest BCUT2D eigenvalue weighted by molar-refractivity contribution is 6.05. The quantitative estimate of drug-likeness (QED) is 0.312. The molecule has 35 heavy (non-hydrogen) atoms. The normalized spacial score (nSPS) is 11.5. The Morgan fingerprint density at radius 3 is 2.71 bits per heavy atom. The number of amides is 1. The first-order valence-corrected chi connectivity index (χ1v) is 10.5. The summed E-state index contributed by atoms with van der Waals surface area (Å²) in [4.78, 5) is 28.6. The van der Waals surface area contributed by atoms with Crippen LogP contribution in [0.4, 0.5) is 30.5 Å². The number of aryl methyl sites for hydroxylation is 1. The molecule has 0 saturated heterocycles. The molecule has 0 unspecified atom stereocenters. The molecule has 0 spiro atoms. The molecular formula is C24H18F3N7O. The fourth-order valence-electron chi connectivity index (χ4n) is 3.70. The van der Waals surface area contributed by atoms with Crippen LogP contribution >= 0.6 is 0 Å². The number of rotatable bonds is 5. The van der Waals surface area contributed by atoms with Gasteiger partial charge in [-0.2, -0.15) is 13.2 Å². The van der Waals surface area contributed by atoms with E-state index in [2.05, 4.69) is 30.6 Å². The zero-order valence-electron chi connectivity index (χ0n) is 18.3. The molecule has 3 aromatic heterocycles. The fourth-order valence-corrected chi connectivity index (χ4v) is 3.70. The summed E-state index contributed by atoms with van der Waals surface area (Å²) >= 11 is 0. The second-order valence-electron chi connectivity index (χ2n) is 7.71. The first kappa shape index (κ1) is 22.1. The van der Waals surface area contributed by atoms with Crippen molar-refractivity contribution in [2.45, 2.75) is 13.1 Å². The first-order valence-electron chi connectivity index (χ1n) is 10.5. The molecule has 11 heteroatoms. The van der Waals surface area contributed by atoms with Gasteiger partial charge in [-0.15, -0.1) is 0 Å². The number of benzene rings is 2. The van der Waals surface area contributed by atoms with Crippen LogP contribution in [-0.4, -0.2) is 30.4 Å². The van der Waals surface area contributed by atoms with Gasteiger partial charge in [-0.25, -0.2) is 15.0 Å². The lowest BCUT2D eigenvalue weighted by Gasteiger charge is -2.15. The number of carbonyl (C=O) groups excluding carboxylic acids is 1. The van der Waals surface area contributed by atoms with Crippen LogP contribution in [0.25, 0.3) is 16.9 Å². The SMILES string of the molecule is Cc1ccc(NC(=O)c2ccccc2C(F)(F)F)cc1Nc1nccn1-c1ncnc2[nH]ccc12. The molecule has 8 nitrogen and oxygen atoms in total. The van der Waals surface area contributed by atoms with E-state index in [1.165, 1.54) is 18.5 Å². The summed E-state index contributed by atoms with van der Waals surface area (Å²) in [7, 11) is 0. The van der Waals surface area contributed by atoms with Gasteiger partial charge in [0, 0.05) is 30.0 Å². The number of aromatic nitrogens is 5. The highest BCUT2D eigenvalue weighted by Gasteiger charge is 2.34. The molecule has 0 fully saturated rings. The van der Waals surface area contributed by atoms with Gasteiger partial charge in [-0.05, 0) is 42.8 Å². The number of halogens is 3. The summed E-state index contributed by atoms with van der Waals surface area (Å²) in [5, 5.41) is 6.57. The van der Waals surface area contributed by atoms with Gasteiger partial charge in [0.25, 0.3) is 5.91 Å². The van der Waals surface area contributed by atoms with E-state index < -0.39 is 23.2 Å². The van der Waals surface area contributed by atoms with Gasteiger partial charge in [-0.1, -0.05) is 18.2 Å². The zero-order valence-corrected chi connectivity index (χ0v) is 18.3. The van der Waals surface area contributed by atoms with Crippen molar-refractivity contribution in [3.8, 4) is 5.82 Å². The highest BCUT2D eigenvalue weighted by Crippen LogP contribution is 2.32. The third-order valence-electron chi connectivity index (χ3n) is 5.42. The van der Waals surface area contributed by atoms with Gasteiger partial charge in [0.2, 0.25) is 5.95 Å². The summed E-state index contributed by atoms with van der Waals surface area (Å²) in [6, 6.07) is 11.5. The Labute approximate surface area is 196 Å². The summed E-state index contributed by atoms with van der Waals surface area (Å²) in [6.07, 6.45) is 1.92. The summed E-state index contributed by atoms with van der Waals surface area (Å²) in [5.74, 6) is 0.215. The maximum absolute atomic E-state index is 13.3. The maximum Gasteiger partial charge on any atom is 0.417 e. The van der Waals surface area contributed by atoms with Crippen molar-refractivity contribution >= 4 is 34.3 Å². The molecule has 0 aliphatic rings. The number of fused-ring (bicyclic) bond motifs is 1. The average molecular weight is 477 g/mol. The molecule has 0 bridgehead atoms. The molecule has 5 aromatic rings. The molecule has 0 atom stereocenters. The molecule has 1 amide bonds. The van der Waals surface area contributed by atoms with Gasteiger partial charge < -0.3 is 15.6 Å². The van der Waals surface area contributed by atoms with E-state index in [1.54, 1.807) is 41.4 Å². The van der Waals surface area contributed by atoms with E-state index in [9.17, 15) is 18.0 Å². The number of imidazole rings is 1. The second-order valence-corrected chi connectivity index (χ2v) is 7.71. The van der Waals surface area contributed by atoms with Crippen molar-refractivity contribution in [1.29, 1.82) is 0 Å². The Bertz CT molecular complexity index is 1540. The highest BCUT2D eigenvalue weighted by atomic mass is 19.4. The van der Waals surface area contributed by atoms with Crippen molar-refractivity contribution < 1.29 is 18.0 Å². The second kappa shape index (κ2) is 8.60. The number of nitrogens with one attached hydrogen (secondary N) is 3. The molecule has 2 aromatic carbocycles. The lowest BCUT2D eigenvalue weighted by Crippen LogP contribution is -2.18. The van der Waals surface area contributed by atoms with Gasteiger partial charge >= 0.3 is 6.18 Å². The van der Waals surface area contributed by atoms with Crippen LogP contribution in [0.15, 0.2) is 73.4 Å². The standard InChI is InChI=1S/C24H18F3N7O/c1-14-6-7-15(32-22(35)16-4-2-3-5-18(16)24(25,26)27)12-19(14)33-23-29-10-11-34(23)21-17-8-9-28-20(17)30-13-31-21/h2-13H,1H3,(H,29,33)(H,32,35)(H,28,30,31). The van der Waals surface area contributed by atoms with Crippen LogP contribution in [0.2, 0.25) is 0 Å². The predicted molar refractivity (Wildman–Crippen MR) is 125 cm³/mol. The molecule has 176 valence electrons. The maximum atomic E-state index is 13.3. The smallest absolute Gasteiger partial charge is 0.346 e. The van der Waals surface area contributed by atoms with Crippen LogP contribution in [0.3, 0.4) is 0 Å². The number of hydrogen-bond donors (Lipinski definition) is 3. The Morgan fingerprint density at radius 2 is 1.89 bits per heavy atom. The van der Waals surface area contributed by atoms with Gasteiger partial charge in [0.1, 0.15) is 12.0 Å². The molecule has 3 heterocycles. The topological polar surface area (TPSA) is 101 Å². The Kier molecular flexibility index (Phi) is 5.44. The number of anilines is 3. The summed E-state index contributed by atoms with van der Waals surface area (Å²) in [5.41, 5.74) is 1.00. The molecule has 0 aliphatic carbocycles. The van der Waals surface area contributed by atoms with E-state index in [-0.39, 0.29) is 0 Å². The van der Waals surface area contributed by atoms with E-state index in [0.29, 0.717) is 28.8 Å². The van der Waals surface area contributed by atoms with Crippen LogP contribution < -0.4 is 10.6 Å². The number of H-pyrrole nitrogens is 1. The van der Waals surface area contributed by atoms with Crippen molar-refractivity contribution in [2.24, 2.45) is 0 Å². The molecular weight excluding hydrogens is 459 g/mol. The molecule has 0 saturated carbocycles. The minimum atomic E-state index is -4.64. The monoisotopic (exact) mass is 477 g/mol. The third kappa shape index (κ3) is 4.31. The fraction of sp³-hybridized carbons (Fsp3) is 0.0833. The molecule has 0 aliphatic heterocycles. The number of nitrogens with zero attached hydrogens (tertiary/aromatic N) is 4. The van der Waals surface area contributed by atoms with Crippen molar-refractivity contribution in [2.75, 3.05) is 10.6 Å². The van der Waals surface area contributed by atoms with Crippen LogP contribution in [0, 0.1) is 6.92 Å². The van der Waals surface area contributed by atoms with E-state index >= 15 is 0 Å². The Morgan fingerprint density at radius 1 is 1.06 bits per heavy atom. The summed E-state index contributed by atoms with van der Waals surface area (Å²) in [6.45, 7) is 1.86. The van der Waals surface area contributed by atoms with E-state index in [0.717, 1.165) is 23.1 Å². The first-order chi connectivity index (χ1) is 16.8. The van der Waals surface area contributed by atoms with Gasteiger partial charge in [0.05, 0.1) is 16.5 Å². The lowest BCUT2D eigenvalue weighted by molar-refractivity contribution is -0.137. The number of aromatic amines is 1. The molecule has 0 radical (unpaired) electrons. The van der Waals surface area contributed by atoms with E-state index in [1.807, 2.05) is 13.0 Å². The van der Waals surface area contributed by atoms with Crippen LogP contribution in [-0.2, 0) is 6.18 Å². The van der Waals surface area contributed by atoms with E-state index in [4.69, 9.17) is 0 Å². The van der Waals surface area contributed by atoms with Gasteiger partial charge in [0.15, 0.2) is 5.82 Å². The number of alkyl halides is 3. The molecule has 5 rings (SSSR count). The van der Waals surface area contributed by atoms with Crippen molar-refractivity contribution in [3.05, 3.63) is 90.1 Å². The Hall–Kier alpha value is -4.67. The predicted octanol–water partition coefficient (Wildman–Crippen LogP) is 5.47. The zero-order chi connectivity index (χ0) is 24.6. The largest absolute Gasteiger partial charge is 0.417 e. The third-order valence-corrected chi connectivity index (χ3v) is 5.42. The van der Waals surface area contributed by atoms with Gasteiger partial charge in [-0.3, -0.25) is 9.36 Å². The minimum absolute atomic E-state index is 0.327. The lowest BCUT2D eigenvalue weighted by atomic mass is 10.1. The Balaban J connectivity index is 1.43. The summed E-state index contributed by atoms with van der Waals surface area (Å²) < 4.78 is 41.7. The number of hydrogen-bond acceptors (Lipinski definition) is 5. The number of carbonyl (C=O) groups is 1.